The van der Waals surface area contributed by atoms with Crippen LogP contribution in [0.25, 0.3) is 0 Å². The second kappa shape index (κ2) is 5.54. The lowest BCUT2D eigenvalue weighted by molar-refractivity contribution is -0.00625. The summed E-state index contributed by atoms with van der Waals surface area (Å²) in [5, 5.41) is 3.30. The molecule has 0 radical (unpaired) electrons. The molecule has 1 aromatic rings. The first-order chi connectivity index (χ1) is 9.35. The molecule has 1 aromatic heterocycles. The van der Waals surface area contributed by atoms with Crippen molar-refractivity contribution in [3.8, 4) is 0 Å². The Labute approximate surface area is 120 Å². The third-order valence-corrected chi connectivity index (χ3v) is 3.51. The van der Waals surface area contributed by atoms with Gasteiger partial charge >= 0.3 is 0 Å². The van der Waals surface area contributed by atoms with Gasteiger partial charge in [0.05, 0.1) is 6.61 Å². The van der Waals surface area contributed by atoms with Crippen LogP contribution in [0.3, 0.4) is 0 Å². The molecule has 3 N–H and O–H groups in total. The highest BCUT2D eigenvalue weighted by atomic mass is 16.5. The molecular weight excluding hydrogens is 256 g/mol. The average molecular weight is 280 g/mol. The highest BCUT2D eigenvalue weighted by molar-refractivity contribution is 5.45. The molecule has 1 aliphatic heterocycles. The van der Waals surface area contributed by atoms with Gasteiger partial charge in [0.15, 0.2) is 0 Å². The molecule has 1 saturated heterocycles. The molecule has 0 spiro atoms. The van der Waals surface area contributed by atoms with Crippen LogP contribution in [-0.4, -0.2) is 42.4 Å². The Morgan fingerprint density at radius 3 is 2.75 bits per heavy atom. The van der Waals surface area contributed by atoms with Gasteiger partial charge in [0.2, 0.25) is 0 Å². The average Bonchev–Trinajstić information content (AvgIpc) is 2.84. The first kappa shape index (κ1) is 15.0. The van der Waals surface area contributed by atoms with Gasteiger partial charge in [0, 0.05) is 38.2 Å². The van der Waals surface area contributed by atoms with Gasteiger partial charge in [-0.2, -0.15) is 0 Å². The summed E-state index contributed by atoms with van der Waals surface area (Å²) in [6.07, 6.45) is 0.878. The topological polar surface area (TPSA) is 82.3 Å². The maximum atomic E-state index is 5.86. The number of rotatable bonds is 4. The van der Waals surface area contributed by atoms with Crippen LogP contribution >= 0.6 is 0 Å². The largest absolute Gasteiger partial charge is 0.384 e. The van der Waals surface area contributed by atoms with Crippen LogP contribution in [0.15, 0.2) is 6.07 Å². The van der Waals surface area contributed by atoms with Gasteiger partial charge in [-0.1, -0.05) is 20.8 Å². The fourth-order valence-electron chi connectivity index (χ4n) is 2.10. The van der Waals surface area contributed by atoms with E-state index in [1.54, 1.807) is 13.2 Å². The van der Waals surface area contributed by atoms with Gasteiger partial charge in [0.1, 0.15) is 23.1 Å². The van der Waals surface area contributed by atoms with Gasteiger partial charge in [-0.05, 0) is 0 Å². The Kier molecular flexibility index (Phi) is 4.15. The zero-order chi connectivity index (χ0) is 14.8. The van der Waals surface area contributed by atoms with E-state index in [0.717, 1.165) is 24.7 Å². The summed E-state index contributed by atoms with van der Waals surface area (Å²) in [4.78, 5) is 8.83. The van der Waals surface area contributed by atoms with Crippen molar-refractivity contribution in [1.82, 2.24) is 9.97 Å². The number of hydrogen-bond donors (Lipinski definition) is 2. The van der Waals surface area contributed by atoms with Crippen LogP contribution in [0, 0.1) is 0 Å². The molecule has 0 aromatic carbocycles. The normalized spacial score (nSPS) is 23.0. The minimum absolute atomic E-state index is 0.138. The van der Waals surface area contributed by atoms with Crippen molar-refractivity contribution in [2.45, 2.75) is 38.2 Å². The summed E-state index contributed by atoms with van der Waals surface area (Å²) in [5.41, 5.74) is 5.44. The summed E-state index contributed by atoms with van der Waals surface area (Å²) in [6.45, 7) is 8.16. The van der Waals surface area contributed by atoms with Crippen LogP contribution in [-0.2, 0) is 14.9 Å². The second-order valence-corrected chi connectivity index (χ2v) is 6.29. The molecule has 0 aliphatic carbocycles. The maximum Gasteiger partial charge on any atom is 0.138 e. The third-order valence-electron chi connectivity index (χ3n) is 3.51. The van der Waals surface area contributed by atoms with Crippen LogP contribution in [0.1, 0.15) is 33.0 Å². The van der Waals surface area contributed by atoms with E-state index in [-0.39, 0.29) is 11.0 Å². The second-order valence-electron chi connectivity index (χ2n) is 6.29. The van der Waals surface area contributed by atoms with E-state index in [1.165, 1.54) is 0 Å². The summed E-state index contributed by atoms with van der Waals surface area (Å²) in [7, 11) is 1.71. The third kappa shape index (κ3) is 3.37. The number of aromatic nitrogens is 2. The maximum absolute atomic E-state index is 5.86. The molecule has 2 rings (SSSR count). The Hall–Kier alpha value is -1.40. The van der Waals surface area contributed by atoms with Crippen molar-refractivity contribution in [1.29, 1.82) is 0 Å². The van der Waals surface area contributed by atoms with Crippen LogP contribution in [0.4, 0.5) is 11.6 Å². The number of nitrogen functional groups attached to an aromatic ring is 1. The van der Waals surface area contributed by atoms with Crippen LogP contribution in [0.2, 0.25) is 0 Å². The molecule has 1 unspecified atom stereocenters. The summed E-state index contributed by atoms with van der Waals surface area (Å²) >= 11 is 0. The Bertz CT molecular complexity index is 465. The number of ether oxygens (including phenoxy) is 2. The Morgan fingerprint density at radius 1 is 1.45 bits per heavy atom. The van der Waals surface area contributed by atoms with Gasteiger partial charge in [-0.3, -0.25) is 0 Å². The number of hydrogen-bond acceptors (Lipinski definition) is 6. The van der Waals surface area contributed by atoms with E-state index in [1.807, 2.05) is 0 Å². The van der Waals surface area contributed by atoms with Crippen molar-refractivity contribution in [3.05, 3.63) is 11.9 Å². The van der Waals surface area contributed by atoms with Gasteiger partial charge in [-0.25, -0.2) is 9.97 Å². The quantitative estimate of drug-likeness (QED) is 0.871. The number of nitrogens with two attached hydrogens (primary N) is 1. The fraction of sp³-hybridized carbons (Fsp3) is 0.714. The number of anilines is 2. The van der Waals surface area contributed by atoms with Crippen molar-refractivity contribution < 1.29 is 9.47 Å². The highest BCUT2D eigenvalue weighted by Crippen LogP contribution is 2.24. The van der Waals surface area contributed by atoms with Crippen LogP contribution in [0.5, 0.6) is 0 Å². The number of nitrogens with zero attached hydrogens (tertiary/aromatic N) is 2. The monoisotopic (exact) mass is 280 g/mol. The lowest BCUT2D eigenvalue weighted by Gasteiger charge is -2.26. The highest BCUT2D eigenvalue weighted by Gasteiger charge is 2.34. The first-order valence-electron chi connectivity index (χ1n) is 6.86. The fourth-order valence-corrected chi connectivity index (χ4v) is 2.10. The van der Waals surface area contributed by atoms with E-state index < -0.39 is 0 Å². The Morgan fingerprint density at radius 2 is 2.20 bits per heavy atom. The summed E-state index contributed by atoms with van der Waals surface area (Å²) in [6, 6.07) is 1.74. The number of methoxy groups -OCH3 is 1. The lowest BCUT2D eigenvalue weighted by atomic mass is 9.96. The molecule has 6 heteroatoms. The molecule has 1 fully saturated rings. The molecular formula is C14H24N4O2. The zero-order valence-corrected chi connectivity index (χ0v) is 12.7. The van der Waals surface area contributed by atoms with Gasteiger partial charge < -0.3 is 20.5 Å². The lowest BCUT2D eigenvalue weighted by Crippen LogP contribution is -2.39. The van der Waals surface area contributed by atoms with Gasteiger partial charge in [0.25, 0.3) is 0 Å². The first-order valence-corrected chi connectivity index (χ1v) is 6.86. The zero-order valence-electron chi connectivity index (χ0n) is 12.7. The minimum Gasteiger partial charge on any atom is -0.384 e. The predicted molar refractivity (Wildman–Crippen MR) is 78.8 cm³/mol. The van der Waals surface area contributed by atoms with E-state index in [9.17, 15) is 0 Å². The molecule has 0 amide bonds. The molecule has 2 heterocycles. The minimum atomic E-state index is -0.276. The van der Waals surface area contributed by atoms with Crippen molar-refractivity contribution in [2.75, 3.05) is 37.9 Å². The molecule has 0 saturated carbocycles. The molecule has 0 bridgehead atoms. The Balaban J connectivity index is 2.11. The smallest absolute Gasteiger partial charge is 0.138 e. The van der Waals surface area contributed by atoms with E-state index in [2.05, 4.69) is 36.1 Å². The number of nitrogens with one attached hydrogen (secondary N) is 1. The molecule has 6 nitrogen and oxygen atoms in total. The standard InChI is InChI=1S/C14H24N4O2/c1-13(2,3)12-17-10(15)7-11(18-12)16-8-14(19-4)5-6-20-9-14/h7H,5-6,8-9H2,1-4H3,(H3,15,16,17,18). The van der Waals surface area contributed by atoms with Gasteiger partial charge in [-0.15, -0.1) is 0 Å². The van der Waals surface area contributed by atoms with Crippen molar-refractivity contribution in [2.24, 2.45) is 0 Å². The summed E-state index contributed by atoms with van der Waals surface area (Å²) in [5.74, 6) is 1.93. The summed E-state index contributed by atoms with van der Waals surface area (Å²) < 4.78 is 11.0. The van der Waals surface area contributed by atoms with Crippen molar-refractivity contribution >= 4 is 11.6 Å². The molecule has 1 atom stereocenters. The predicted octanol–water partition coefficient (Wildman–Crippen LogP) is 1.57. The van der Waals surface area contributed by atoms with E-state index >= 15 is 0 Å². The molecule has 112 valence electrons. The van der Waals surface area contributed by atoms with E-state index in [4.69, 9.17) is 15.2 Å². The molecule has 1 aliphatic rings. The molecule has 20 heavy (non-hydrogen) atoms. The van der Waals surface area contributed by atoms with Crippen LogP contribution < -0.4 is 11.1 Å². The van der Waals surface area contributed by atoms with E-state index in [0.29, 0.717) is 19.0 Å². The SMILES string of the molecule is COC1(CNc2cc(N)nc(C(C)(C)C)n2)CCOC1. The van der Waals surface area contributed by atoms with Crippen molar-refractivity contribution in [3.63, 3.8) is 0 Å².